The highest BCUT2D eigenvalue weighted by atomic mass is 19.3. The number of ether oxygens (including phenoxy) is 1. The van der Waals surface area contributed by atoms with Gasteiger partial charge in [-0.1, -0.05) is 43.6 Å². The third-order valence-electron chi connectivity index (χ3n) is 5.18. The molecule has 1 aliphatic rings. The average molecular weight is 364 g/mol. The highest BCUT2D eigenvalue weighted by Crippen LogP contribution is 2.47. The first-order chi connectivity index (χ1) is 12.3. The number of rotatable bonds is 8. The van der Waals surface area contributed by atoms with Crippen LogP contribution in [0.15, 0.2) is 35.9 Å². The van der Waals surface area contributed by atoms with Crippen molar-refractivity contribution in [1.29, 1.82) is 0 Å². The second kappa shape index (κ2) is 9.20. The van der Waals surface area contributed by atoms with Crippen molar-refractivity contribution in [3.63, 3.8) is 0 Å². The first-order valence-corrected chi connectivity index (χ1v) is 9.46. The van der Waals surface area contributed by atoms with E-state index in [2.05, 4.69) is 19.6 Å². The number of hydrogen-bond donors (Lipinski definition) is 1. The Bertz CT molecular complexity index is 664. The lowest BCUT2D eigenvalue weighted by molar-refractivity contribution is -0.0507. The Labute approximate surface area is 155 Å². The van der Waals surface area contributed by atoms with Gasteiger partial charge in [0.2, 0.25) is 0 Å². The Morgan fingerprint density at radius 1 is 1.35 bits per heavy atom. The summed E-state index contributed by atoms with van der Waals surface area (Å²) in [4.78, 5) is 0. The molecule has 2 rings (SSSR count). The van der Waals surface area contributed by atoms with Gasteiger partial charge in [0, 0.05) is 11.5 Å². The average Bonchev–Trinajstić information content (AvgIpc) is 2.54. The highest BCUT2D eigenvalue weighted by Gasteiger charge is 2.31. The molecule has 2 unspecified atom stereocenters. The van der Waals surface area contributed by atoms with E-state index in [-0.39, 0.29) is 23.3 Å². The molecule has 26 heavy (non-hydrogen) atoms. The van der Waals surface area contributed by atoms with Crippen molar-refractivity contribution in [2.24, 2.45) is 5.92 Å². The van der Waals surface area contributed by atoms with Crippen LogP contribution in [-0.2, 0) is 6.42 Å². The fourth-order valence-corrected chi connectivity index (χ4v) is 3.83. The predicted molar refractivity (Wildman–Crippen MR) is 102 cm³/mol. The Hall–Kier alpha value is -1.84. The summed E-state index contributed by atoms with van der Waals surface area (Å²) in [5.41, 5.74) is 3.48. The number of phenols is 1. The van der Waals surface area contributed by atoms with Crippen LogP contribution in [-0.4, -0.2) is 11.7 Å². The SMILES string of the molecule is C=C(C)C1CCC(C)=CC1c1c(O)cc(CCCCC)cc1OC(F)F. The Morgan fingerprint density at radius 3 is 2.69 bits per heavy atom. The van der Waals surface area contributed by atoms with E-state index in [0.29, 0.717) is 5.56 Å². The van der Waals surface area contributed by atoms with Crippen molar-refractivity contribution in [3.8, 4) is 11.5 Å². The summed E-state index contributed by atoms with van der Waals surface area (Å²) in [7, 11) is 0. The largest absolute Gasteiger partial charge is 0.507 e. The summed E-state index contributed by atoms with van der Waals surface area (Å²) in [5, 5.41) is 10.7. The number of unbranched alkanes of at least 4 members (excludes halogenated alkanes) is 2. The van der Waals surface area contributed by atoms with Crippen LogP contribution in [0, 0.1) is 5.92 Å². The van der Waals surface area contributed by atoms with Gasteiger partial charge < -0.3 is 9.84 Å². The summed E-state index contributed by atoms with van der Waals surface area (Å²) in [6, 6.07) is 3.38. The van der Waals surface area contributed by atoms with Gasteiger partial charge >= 0.3 is 6.61 Å². The molecule has 0 amide bonds. The number of hydrogen-bond acceptors (Lipinski definition) is 2. The molecule has 0 radical (unpaired) electrons. The lowest BCUT2D eigenvalue weighted by atomic mass is 9.73. The molecule has 0 aromatic heterocycles. The molecule has 0 aliphatic heterocycles. The highest BCUT2D eigenvalue weighted by molar-refractivity contribution is 5.52. The Kier molecular flexibility index (Phi) is 7.24. The van der Waals surface area contributed by atoms with Crippen LogP contribution in [0.3, 0.4) is 0 Å². The molecule has 2 atom stereocenters. The normalized spacial score (nSPS) is 20.2. The zero-order chi connectivity index (χ0) is 19.3. The van der Waals surface area contributed by atoms with Crippen LogP contribution in [0.2, 0.25) is 0 Å². The van der Waals surface area contributed by atoms with Crippen molar-refractivity contribution >= 4 is 0 Å². The number of halogens is 2. The van der Waals surface area contributed by atoms with E-state index >= 15 is 0 Å². The number of aryl methyl sites for hydroxylation is 1. The summed E-state index contributed by atoms with van der Waals surface area (Å²) in [5.74, 6) is 0.0424. The van der Waals surface area contributed by atoms with Gasteiger partial charge in [0.25, 0.3) is 0 Å². The molecule has 144 valence electrons. The number of alkyl halides is 2. The molecule has 1 N–H and O–H groups in total. The first kappa shape index (κ1) is 20.5. The summed E-state index contributed by atoms with van der Waals surface area (Å²) >= 11 is 0. The van der Waals surface area contributed by atoms with Crippen LogP contribution in [0.25, 0.3) is 0 Å². The van der Waals surface area contributed by atoms with Crippen molar-refractivity contribution in [2.75, 3.05) is 0 Å². The summed E-state index contributed by atoms with van der Waals surface area (Å²) in [6.45, 7) is 7.25. The zero-order valence-corrected chi connectivity index (χ0v) is 16.0. The van der Waals surface area contributed by atoms with E-state index in [9.17, 15) is 13.9 Å². The van der Waals surface area contributed by atoms with Crippen molar-refractivity contribution in [1.82, 2.24) is 0 Å². The van der Waals surface area contributed by atoms with Crippen LogP contribution >= 0.6 is 0 Å². The lowest BCUT2D eigenvalue weighted by Crippen LogP contribution is -2.18. The van der Waals surface area contributed by atoms with Crippen LogP contribution in [0.5, 0.6) is 11.5 Å². The van der Waals surface area contributed by atoms with Crippen LogP contribution in [0.4, 0.5) is 8.78 Å². The molecule has 0 heterocycles. The first-order valence-electron chi connectivity index (χ1n) is 9.46. The van der Waals surface area contributed by atoms with Gasteiger partial charge in [-0.25, -0.2) is 0 Å². The molecule has 1 aromatic rings. The number of allylic oxidation sites excluding steroid dienone is 3. The van der Waals surface area contributed by atoms with Gasteiger partial charge in [0.05, 0.1) is 0 Å². The second-order valence-electron chi connectivity index (χ2n) is 7.39. The minimum absolute atomic E-state index is 0.0387. The topological polar surface area (TPSA) is 29.5 Å². The molecular formula is C22H30F2O2. The van der Waals surface area contributed by atoms with Gasteiger partial charge in [0.1, 0.15) is 11.5 Å². The predicted octanol–water partition coefficient (Wildman–Crippen LogP) is 6.74. The van der Waals surface area contributed by atoms with E-state index in [0.717, 1.165) is 49.7 Å². The van der Waals surface area contributed by atoms with E-state index in [1.807, 2.05) is 13.8 Å². The van der Waals surface area contributed by atoms with Gasteiger partial charge in [-0.2, -0.15) is 8.78 Å². The Morgan fingerprint density at radius 2 is 2.08 bits per heavy atom. The molecule has 1 aliphatic carbocycles. The van der Waals surface area contributed by atoms with Crippen LogP contribution in [0.1, 0.15) is 69.9 Å². The number of phenolic OH excluding ortho intramolecular Hbond substituents is 1. The molecule has 1 aromatic carbocycles. The fraction of sp³-hybridized carbons (Fsp3) is 0.545. The molecule has 0 bridgehead atoms. The van der Waals surface area contributed by atoms with Gasteiger partial charge in [-0.15, -0.1) is 0 Å². The smallest absolute Gasteiger partial charge is 0.387 e. The molecular weight excluding hydrogens is 334 g/mol. The van der Waals surface area contributed by atoms with E-state index in [4.69, 9.17) is 4.74 Å². The van der Waals surface area contributed by atoms with E-state index < -0.39 is 6.61 Å². The summed E-state index contributed by atoms with van der Waals surface area (Å²) < 4.78 is 30.9. The van der Waals surface area contributed by atoms with Crippen molar-refractivity contribution in [2.45, 2.75) is 71.8 Å². The van der Waals surface area contributed by atoms with Gasteiger partial charge in [-0.3, -0.25) is 0 Å². The minimum Gasteiger partial charge on any atom is -0.507 e. The molecule has 4 heteroatoms. The molecule has 0 fully saturated rings. The Balaban J connectivity index is 2.47. The van der Waals surface area contributed by atoms with Gasteiger partial charge in [-0.05, 0) is 63.1 Å². The minimum atomic E-state index is -2.92. The van der Waals surface area contributed by atoms with Crippen LogP contribution < -0.4 is 4.74 Å². The zero-order valence-electron chi connectivity index (χ0n) is 16.0. The molecule has 0 spiro atoms. The molecule has 0 saturated carbocycles. The van der Waals surface area contributed by atoms with E-state index in [1.165, 1.54) is 5.57 Å². The maximum absolute atomic E-state index is 13.0. The lowest BCUT2D eigenvalue weighted by Gasteiger charge is -2.32. The van der Waals surface area contributed by atoms with E-state index in [1.54, 1.807) is 12.1 Å². The molecule has 2 nitrogen and oxygen atoms in total. The third-order valence-corrected chi connectivity index (χ3v) is 5.18. The maximum Gasteiger partial charge on any atom is 0.387 e. The quantitative estimate of drug-likeness (QED) is 0.409. The van der Waals surface area contributed by atoms with Crippen molar-refractivity contribution in [3.05, 3.63) is 47.1 Å². The number of benzene rings is 1. The standard InChI is InChI=1S/C22H30F2O2/c1-5-6-7-8-16-12-19(25)21(20(13-16)26-22(23)24)18-11-15(4)9-10-17(18)14(2)3/h11-13,17-18,22,25H,2,5-10H2,1,3-4H3. The second-order valence-corrected chi connectivity index (χ2v) is 7.39. The monoisotopic (exact) mass is 364 g/mol. The maximum atomic E-state index is 13.0. The fourth-order valence-electron chi connectivity index (χ4n) is 3.83. The number of aromatic hydroxyl groups is 1. The summed E-state index contributed by atoms with van der Waals surface area (Å²) in [6.07, 6.45) is 7.76. The van der Waals surface area contributed by atoms with Gasteiger partial charge in [0.15, 0.2) is 0 Å². The molecule has 0 saturated heterocycles. The van der Waals surface area contributed by atoms with Crippen molar-refractivity contribution < 1.29 is 18.6 Å². The third kappa shape index (κ3) is 5.09.